The van der Waals surface area contributed by atoms with Crippen LogP contribution in [0, 0.1) is 6.92 Å². The average molecular weight is 366 g/mol. The number of furan rings is 1. The second kappa shape index (κ2) is 8.24. The van der Waals surface area contributed by atoms with Gasteiger partial charge in [0.1, 0.15) is 11.5 Å². The molecule has 140 valence electrons. The first-order chi connectivity index (χ1) is 13.3. The molecule has 1 aliphatic heterocycles. The van der Waals surface area contributed by atoms with Crippen LogP contribution in [0.1, 0.15) is 17.4 Å². The van der Waals surface area contributed by atoms with Crippen LogP contribution in [0.3, 0.4) is 0 Å². The van der Waals surface area contributed by atoms with E-state index in [-0.39, 0.29) is 6.04 Å². The summed E-state index contributed by atoms with van der Waals surface area (Å²) in [6.45, 7) is 5.79. The third-order valence-corrected chi connectivity index (χ3v) is 4.56. The van der Waals surface area contributed by atoms with Gasteiger partial charge in [-0.25, -0.2) is 4.98 Å². The van der Waals surface area contributed by atoms with E-state index in [2.05, 4.69) is 36.4 Å². The molecule has 1 atom stereocenters. The Bertz CT molecular complexity index is 863. The van der Waals surface area contributed by atoms with Crippen LogP contribution in [-0.4, -0.2) is 57.9 Å². The molecule has 3 aromatic rings. The molecule has 0 amide bonds. The summed E-state index contributed by atoms with van der Waals surface area (Å²) in [4.78, 5) is 11.2. The molecule has 0 aromatic carbocycles. The van der Waals surface area contributed by atoms with Gasteiger partial charge < -0.3 is 14.5 Å². The lowest BCUT2D eigenvalue weighted by Crippen LogP contribution is -2.41. The molecule has 0 radical (unpaired) electrons. The summed E-state index contributed by atoms with van der Waals surface area (Å²) in [5.41, 5.74) is 1.81. The Morgan fingerprint density at radius 1 is 1.19 bits per heavy atom. The molecule has 1 aliphatic rings. The quantitative estimate of drug-likeness (QED) is 0.711. The molecule has 4 heterocycles. The maximum atomic E-state index is 5.63. The minimum atomic E-state index is 0.153. The van der Waals surface area contributed by atoms with E-state index in [1.165, 1.54) is 0 Å². The van der Waals surface area contributed by atoms with Gasteiger partial charge >= 0.3 is 0 Å². The van der Waals surface area contributed by atoms with E-state index in [1.54, 1.807) is 12.4 Å². The Morgan fingerprint density at radius 2 is 2.07 bits per heavy atom. The second-order valence-corrected chi connectivity index (χ2v) is 6.41. The Labute approximate surface area is 157 Å². The Morgan fingerprint density at radius 3 is 2.81 bits per heavy atom. The zero-order chi connectivity index (χ0) is 18.5. The SMILES string of the molecule is Cc1ccc(-c2cnnc(NC[C@@H](c3cccnc3)N3CCOCC3)n2)o1. The van der Waals surface area contributed by atoms with Gasteiger partial charge in [0.15, 0.2) is 5.76 Å². The average Bonchev–Trinajstić information content (AvgIpc) is 3.16. The standard InChI is InChI=1S/C19H22N6O2/c1-14-4-5-18(27-14)16-12-22-24-19(23-16)21-13-17(15-3-2-6-20-11-15)25-7-9-26-10-8-25/h2-6,11-12,17H,7-10,13H2,1H3,(H,21,23,24)/t17-/m0/s1. The van der Waals surface area contributed by atoms with Gasteiger partial charge in [-0.3, -0.25) is 9.88 Å². The zero-order valence-electron chi connectivity index (χ0n) is 15.2. The number of anilines is 1. The van der Waals surface area contributed by atoms with Crippen LogP contribution in [-0.2, 0) is 4.74 Å². The molecule has 3 aromatic heterocycles. The van der Waals surface area contributed by atoms with Crippen molar-refractivity contribution in [3.63, 3.8) is 0 Å². The molecular formula is C19H22N6O2. The highest BCUT2D eigenvalue weighted by atomic mass is 16.5. The number of hydrogen-bond donors (Lipinski definition) is 1. The maximum absolute atomic E-state index is 5.63. The van der Waals surface area contributed by atoms with Crippen LogP contribution in [0.25, 0.3) is 11.5 Å². The summed E-state index contributed by atoms with van der Waals surface area (Å²) in [6.07, 6.45) is 5.29. The van der Waals surface area contributed by atoms with E-state index >= 15 is 0 Å². The number of hydrogen-bond acceptors (Lipinski definition) is 8. The molecule has 27 heavy (non-hydrogen) atoms. The van der Waals surface area contributed by atoms with E-state index in [0.717, 1.165) is 37.6 Å². The van der Waals surface area contributed by atoms with Crippen molar-refractivity contribution in [3.8, 4) is 11.5 Å². The third kappa shape index (κ3) is 4.29. The number of aryl methyl sites for hydroxylation is 1. The molecule has 1 N–H and O–H groups in total. The lowest BCUT2D eigenvalue weighted by molar-refractivity contribution is 0.0186. The van der Waals surface area contributed by atoms with E-state index in [4.69, 9.17) is 9.15 Å². The molecular weight excluding hydrogens is 344 g/mol. The molecule has 0 spiro atoms. The van der Waals surface area contributed by atoms with Gasteiger partial charge in [-0.2, -0.15) is 5.10 Å². The smallest absolute Gasteiger partial charge is 0.243 e. The fourth-order valence-corrected chi connectivity index (χ4v) is 3.18. The minimum absolute atomic E-state index is 0.153. The number of ether oxygens (including phenoxy) is 1. The molecule has 0 unspecified atom stereocenters. The van der Waals surface area contributed by atoms with Crippen LogP contribution in [0.15, 0.2) is 47.3 Å². The number of morpholine rings is 1. The van der Waals surface area contributed by atoms with Gasteiger partial charge in [-0.05, 0) is 30.7 Å². The lowest BCUT2D eigenvalue weighted by Gasteiger charge is -2.34. The van der Waals surface area contributed by atoms with Crippen molar-refractivity contribution in [2.24, 2.45) is 0 Å². The number of pyridine rings is 1. The predicted molar refractivity (Wildman–Crippen MR) is 100 cm³/mol. The second-order valence-electron chi connectivity index (χ2n) is 6.41. The normalized spacial score (nSPS) is 16.2. The molecule has 1 fully saturated rings. The Balaban J connectivity index is 1.50. The summed E-state index contributed by atoms with van der Waals surface area (Å²) in [7, 11) is 0. The van der Waals surface area contributed by atoms with E-state index in [0.29, 0.717) is 23.9 Å². The molecule has 8 nitrogen and oxygen atoms in total. The lowest BCUT2D eigenvalue weighted by atomic mass is 10.1. The number of nitrogens with one attached hydrogen (secondary N) is 1. The zero-order valence-corrected chi connectivity index (χ0v) is 15.2. The molecule has 4 rings (SSSR count). The van der Waals surface area contributed by atoms with Gasteiger partial charge in [0.25, 0.3) is 0 Å². The monoisotopic (exact) mass is 366 g/mol. The summed E-state index contributed by atoms with van der Waals surface area (Å²) < 4.78 is 11.1. The van der Waals surface area contributed by atoms with Crippen molar-refractivity contribution >= 4 is 5.95 Å². The molecule has 1 saturated heterocycles. The fourth-order valence-electron chi connectivity index (χ4n) is 3.18. The molecule has 0 saturated carbocycles. The number of rotatable bonds is 6. The van der Waals surface area contributed by atoms with Crippen molar-refractivity contribution in [2.45, 2.75) is 13.0 Å². The predicted octanol–water partition coefficient (Wildman–Crippen LogP) is 2.32. The molecule has 8 heteroatoms. The van der Waals surface area contributed by atoms with Crippen molar-refractivity contribution in [1.29, 1.82) is 0 Å². The van der Waals surface area contributed by atoms with E-state index in [9.17, 15) is 0 Å². The summed E-state index contributed by atoms with van der Waals surface area (Å²) in [6, 6.07) is 7.99. The third-order valence-electron chi connectivity index (χ3n) is 4.56. The Kier molecular flexibility index (Phi) is 5.36. The molecule has 0 bridgehead atoms. The largest absolute Gasteiger partial charge is 0.460 e. The first-order valence-corrected chi connectivity index (χ1v) is 9.02. The Hall–Kier alpha value is -2.84. The fraction of sp³-hybridized carbons (Fsp3) is 0.368. The summed E-state index contributed by atoms with van der Waals surface area (Å²) >= 11 is 0. The van der Waals surface area contributed by atoms with Crippen molar-refractivity contribution in [3.05, 3.63) is 54.2 Å². The highest BCUT2D eigenvalue weighted by Crippen LogP contribution is 2.23. The highest BCUT2D eigenvalue weighted by Gasteiger charge is 2.23. The first-order valence-electron chi connectivity index (χ1n) is 9.02. The minimum Gasteiger partial charge on any atom is -0.460 e. The van der Waals surface area contributed by atoms with Gasteiger partial charge in [0.2, 0.25) is 5.95 Å². The number of nitrogens with zero attached hydrogens (tertiary/aromatic N) is 5. The molecule has 0 aliphatic carbocycles. The van der Waals surface area contributed by atoms with Crippen LogP contribution in [0.4, 0.5) is 5.95 Å². The van der Waals surface area contributed by atoms with Crippen LogP contribution in [0.2, 0.25) is 0 Å². The van der Waals surface area contributed by atoms with Crippen molar-refractivity contribution < 1.29 is 9.15 Å². The highest BCUT2D eigenvalue weighted by molar-refractivity contribution is 5.52. The first kappa shape index (κ1) is 17.6. The van der Waals surface area contributed by atoms with Crippen molar-refractivity contribution in [1.82, 2.24) is 25.1 Å². The van der Waals surface area contributed by atoms with Crippen LogP contribution < -0.4 is 5.32 Å². The summed E-state index contributed by atoms with van der Waals surface area (Å²) in [5, 5.41) is 11.5. The van der Waals surface area contributed by atoms with E-state index < -0.39 is 0 Å². The van der Waals surface area contributed by atoms with Gasteiger partial charge in [0.05, 0.1) is 25.5 Å². The van der Waals surface area contributed by atoms with Gasteiger partial charge in [-0.15, -0.1) is 5.10 Å². The topological polar surface area (TPSA) is 89.2 Å². The van der Waals surface area contributed by atoms with E-state index in [1.807, 2.05) is 31.3 Å². The van der Waals surface area contributed by atoms with Gasteiger partial charge in [-0.1, -0.05) is 6.07 Å². The number of aromatic nitrogens is 4. The van der Waals surface area contributed by atoms with Gasteiger partial charge in [0, 0.05) is 32.0 Å². The van der Waals surface area contributed by atoms with Crippen molar-refractivity contribution in [2.75, 3.05) is 38.2 Å². The van der Waals surface area contributed by atoms with Crippen LogP contribution >= 0.6 is 0 Å². The van der Waals surface area contributed by atoms with Crippen LogP contribution in [0.5, 0.6) is 0 Å². The summed E-state index contributed by atoms with van der Waals surface area (Å²) in [5.74, 6) is 1.99. The maximum Gasteiger partial charge on any atom is 0.243 e.